The van der Waals surface area contributed by atoms with Crippen molar-refractivity contribution in [2.24, 2.45) is 0 Å². The lowest BCUT2D eigenvalue weighted by Crippen LogP contribution is -2.23. The van der Waals surface area contributed by atoms with Crippen molar-refractivity contribution in [2.45, 2.75) is 33.2 Å². The van der Waals surface area contributed by atoms with Crippen molar-refractivity contribution in [2.75, 3.05) is 6.54 Å². The highest BCUT2D eigenvalue weighted by Gasteiger charge is 2.14. The average Bonchev–Trinajstić information content (AvgIpc) is 2.43. The number of aryl methyl sites for hydroxylation is 2. The van der Waals surface area contributed by atoms with Gasteiger partial charge in [-0.1, -0.05) is 36.7 Å². The predicted octanol–water partition coefficient (Wildman–Crippen LogP) is 4.44. The summed E-state index contributed by atoms with van der Waals surface area (Å²) >= 11 is 6.27. The van der Waals surface area contributed by atoms with Gasteiger partial charge in [0.05, 0.1) is 6.04 Å². The van der Waals surface area contributed by atoms with Gasteiger partial charge in [0.25, 0.3) is 0 Å². The van der Waals surface area contributed by atoms with Gasteiger partial charge in [-0.25, -0.2) is 0 Å². The van der Waals surface area contributed by atoms with Gasteiger partial charge in [-0.15, -0.1) is 0 Å². The van der Waals surface area contributed by atoms with Gasteiger partial charge in [0, 0.05) is 17.4 Å². The molecule has 0 saturated carbocycles. The summed E-state index contributed by atoms with van der Waals surface area (Å²) in [6.45, 7) is 7.22. The summed E-state index contributed by atoms with van der Waals surface area (Å²) in [5.41, 5.74) is 4.64. The maximum atomic E-state index is 6.27. The molecule has 2 nitrogen and oxygen atoms in total. The van der Waals surface area contributed by atoms with Gasteiger partial charge in [0.1, 0.15) is 0 Å². The molecule has 106 valence electrons. The number of hydrogen-bond acceptors (Lipinski definition) is 2. The van der Waals surface area contributed by atoms with Crippen molar-refractivity contribution in [1.29, 1.82) is 0 Å². The van der Waals surface area contributed by atoms with Crippen LogP contribution in [0.2, 0.25) is 5.02 Å². The number of rotatable bonds is 5. The lowest BCUT2D eigenvalue weighted by Gasteiger charge is -2.20. The highest BCUT2D eigenvalue weighted by atomic mass is 35.5. The zero-order valence-corrected chi connectivity index (χ0v) is 13.0. The fourth-order valence-corrected chi connectivity index (χ4v) is 2.43. The summed E-state index contributed by atoms with van der Waals surface area (Å²) in [5, 5.41) is 4.39. The monoisotopic (exact) mass is 288 g/mol. The predicted molar refractivity (Wildman–Crippen MR) is 85.3 cm³/mol. The normalized spacial score (nSPS) is 12.4. The molecule has 0 amide bonds. The smallest absolute Gasteiger partial charge is 0.0592 e. The van der Waals surface area contributed by atoms with Gasteiger partial charge >= 0.3 is 0 Å². The fraction of sp³-hybridized carbons (Fsp3) is 0.353. The Morgan fingerprint density at radius 3 is 2.60 bits per heavy atom. The quantitative estimate of drug-likeness (QED) is 0.880. The Labute approximate surface area is 126 Å². The van der Waals surface area contributed by atoms with E-state index in [1.807, 2.05) is 25.4 Å². The van der Waals surface area contributed by atoms with Crippen LogP contribution in [0.4, 0.5) is 0 Å². The summed E-state index contributed by atoms with van der Waals surface area (Å²) in [7, 11) is 0. The first-order valence-electron chi connectivity index (χ1n) is 7.02. The van der Waals surface area contributed by atoms with Gasteiger partial charge in [0.2, 0.25) is 0 Å². The fourth-order valence-electron chi connectivity index (χ4n) is 2.24. The molecule has 0 fully saturated rings. The Morgan fingerprint density at radius 2 is 1.95 bits per heavy atom. The Kier molecular flexibility index (Phi) is 5.16. The Bertz CT molecular complexity index is 581. The van der Waals surface area contributed by atoms with E-state index < -0.39 is 0 Å². The molecule has 2 aromatic rings. The molecule has 0 aliphatic rings. The maximum absolute atomic E-state index is 6.27. The molecule has 1 heterocycles. The van der Waals surface area contributed by atoms with Crippen molar-refractivity contribution < 1.29 is 0 Å². The van der Waals surface area contributed by atoms with E-state index in [1.54, 1.807) is 0 Å². The number of pyridine rings is 1. The molecule has 0 saturated heterocycles. The average molecular weight is 289 g/mol. The maximum Gasteiger partial charge on any atom is 0.0592 e. The molecule has 1 aromatic carbocycles. The zero-order chi connectivity index (χ0) is 14.5. The van der Waals surface area contributed by atoms with E-state index in [1.165, 1.54) is 16.7 Å². The number of nitrogens with one attached hydrogen (secondary N) is 1. The molecule has 1 N–H and O–H groups in total. The van der Waals surface area contributed by atoms with Crippen molar-refractivity contribution >= 4 is 11.6 Å². The number of benzene rings is 1. The summed E-state index contributed by atoms with van der Waals surface area (Å²) in [4.78, 5) is 4.31. The van der Waals surface area contributed by atoms with Gasteiger partial charge < -0.3 is 5.32 Å². The second-order valence-electron chi connectivity index (χ2n) is 5.19. The van der Waals surface area contributed by atoms with Crippen LogP contribution in [-0.2, 0) is 0 Å². The second kappa shape index (κ2) is 6.87. The van der Waals surface area contributed by atoms with Crippen LogP contribution in [0.25, 0.3) is 0 Å². The molecular weight excluding hydrogens is 268 g/mol. The second-order valence-corrected chi connectivity index (χ2v) is 5.60. The van der Waals surface area contributed by atoms with Crippen molar-refractivity contribution in [3.8, 4) is 0 Å². The standard InChI is InChI=1S/C17H21ClN2/c1-4-7-20-17(15-8-12(2)10-19-11-15)14-6-5-13(3)16(18)9-14/h5-6,8-11,17,20H,4,7H2,1-3H3. The minimum absolute atomic E-state index is 0.139. The Morgan fingerprint density at radius 1 is 1.15 bits per heavy atom. The van der Waals surface area contributed by atoms with Crippen LogP contribution in [-0.4, -0.2) is 11.5 Å². The zero-order valence-electron chi connectivity index (χ0n) is 12.3. The van der Waals surface area contributed by atoms with Crippen LogP contribution in [0.1, 0.15) is 41.6 Å². The van der Waals surface area contributed by atoms with Crippen LogP contribution >= 0.6 is 11.6 Å². The first kappa shape index (κ1) is 15.0. The molecule has 20 heavy (non-hydrogen) atoms. The molecule has 0 radical (unpaired) electrons. The first-order valence-corrected chi connectivity index (χ1v) is 7.40. The third kappa shape index (κ3) is 3.59. The van der Waals surface area contributed by atoms with Crippen LogP contribution in [0.15, 0.2) is 36.7 Å². The summed E-state index contributed by atoms with van der Waals surface area (Å²) in [6.07, 6.45) is 4.89. The Balaban J connectivity index is 2.38. The molecular formula is C17H21ClN2. The van der Waals surface area contributed by atoms with E-state index in [9.17, 15) is 0 Å². The van der Waals surface area contributed by atoms with Crippen molar-refractivity contribution in [1.82, 2.24) is 10.3 Å². The topological polar surface area (TPSA) is 24.9 Å². The Hall–Kier alpha value is -1.38. The number of hydrogen-bond donors (Lipinski definition) is 1. The SMILES string of the molecule is CCCNC(c1cncc(C)c1)c1ccc(C)c(Cl)c1. The summed E-state index contributed by atoms with van der Waals surface area (Å²) in [5.74, 6) is 0. The lowest BCUT2D eigenvalue weighted by atomic mass is 9.98. The van der Waals surface area contributed by atoms with E-state index in [2.05, 4.69) is 42.3 Å². The van der Waals surface area contributed by atoms with Gasteiger partial charge in [0.15, 0.2) is 0 Å². The molecule has 1 atom stereocenters. The first-order chi connectivity index (χ1) is 9.61. The molecule has 3 heteroatoms. The van der Waals surface area contributed by atoms with E-state index >= 15 is 0 Å². The van der Waals surface area contributed by atoms with Gasteiger partial charge in [-0.2, -0.15) is 0 Å². The third-order valence-electron chi connectivity index (χ3n) is 3.36. The van der Waals surface area contributed by atoms with E-state index in [0.29, 0.717) is 0 Å². The van der Waals surface area contributed by atoms with E-state index in [4.69, 9.17) is 11.6 Å². The summed E-state index contributed by atoms with van der Waals surface area (Å²) < 4.78 is 0. The third-order valence-corrected chi connectivity index (χ3v) is 3.76. The molecule has 0 bridgehead atoms. The van der Waals surface area contributed by atoms with E-state index in [-0.39, 0.29) is 6.04 Å². The number of aromatic nitrogens is 1. The molecule has 2 rings (SSSR count). The highest BCUT2D eigenvalue weighted by Crippen LogP contribution is 2.26. The number of nitrogens with zero attached hydrogens (tertiary/aromatic N) is 1. The molecule has 1 unspecified atom stereocenters. The van der Waals surface area contributed by atoms with Crippen LogP contribution in [0, 0.1) is 13.8 Å². The molecule has 0 aliphatic carbocycles. The van der Waals surface area contributed by atoms with Crippen molar-refractivity contribution in [3.05, 3.63) is 63.9 Å². The largest absolute Gasteiger partial charge is 0.306 e. The highest BCUT2D eigenvalue weighted by molar-refractivity contribution is 6.31. The van der Waals surface area contributed by atoms with Crippen LogP contribution < -0.4 is 5.32 Å². The molecule has 0 spiro atoms. The van der Waals surface area contributed by atoms with Crippen molar-refractivity contribution in [3.63, 3.8) is 0 Å². The van der Waals surface area contributed by atoms with Gasteiger partial charge in [-0.3, -0.25) is 4.98 Å². The van der Waals surface area contributed by atoms with Crippen LogP contribution in [0.5, 0.6) is 0 Å². The minimum Gasteiger partial charge on any atom is -0.306 e. The van der Waals surface area contributed by atoms with E-state index in [0.717, 1.165) is 23.6 Å². The summed E-state index contributed by atoms with van der Waals surface area (Å²) in [6, 6.07) is 8.57. The molecule has 0 aliphatic heterocycles. The minimum atomic E-state index is 0.139. The van der Waals surface area contributed by atoms with Gasteiger partial charge in [-0.05, 0) is 55.1 Å². The molecule has 1 aromatic heterocycles. The van der Waals surface area contributed by atoms with Crippen LogP contribution in [0.3, 0.4) is 0 Å². The lowest BCUT2D eigenvalue weighted by molar-refractivity contribution is 0.596. The number of halogens is 1.